The number of piperidine rings is 1. The van der Waals surface area contributed by atoms with Gasteiger partial charge in [0.05, 0.1) is 12.6 Å². The molecule has 1 unspecified atom stereocenters. The van der Waals surface area contributed by atoms with Gasteiger partial charge in [-0.25, -0.2) is 4.79 Å². The Balaban J connectivity index is 1.55. The summed E-state index contributed by atoms with van der Waals surface area (Å²) in [4.78, 5) is 27.8. The number of carboxylic acids is 1. The highest BCUT2D eigenvalue weighted by molar-refractivity contribution is 5.75. The Hall–Kier alpha value is -2.08. The number of amides is 2. The second kappa shape index (κ2) is 8.74. The number of rotatable bonds is 6. The van der Waals surface area contributed by atoms with E-state index in [1.165, 1.54) is 11.1 Å². The van der Waals surface area contributed by atoms with E-state index in [-0.39, 0.29) is 30.7 Å². The van der Waals surface area contributed by atoms with Gasteiger partial charge in [-0.15, -0.1) is 0 Å². The maximum Gasteiger partial charge on any atom is 0.318 e. The average Bonchev–Trinajstić information content (AvgIpc) is 2.63. The van der Waals surface area contributed by atoms with Gasteiger partial charge in [-0.2, -0.15) is 0 Å². The van der Waals surface area contributed by atoms with Gasteiger partial charge in [-0.3, -0.25) is 9.69 Å². The Morgan fingerprint density at radius 2 is 1.93 bits per heavy atom. The number of carbonyl (C=O) groups excluding carboxylic acids is 1. The minimum atomic E-state index is -0.793. The van der Waals surface area contributed by atoms with E-state index < -0.39 is 5.97 Å². The molecular weight excluding hydrogens is 342 g/mol. The van der Waals surface area contributed by atoms with Crippen molar-refractivity contribution in [3.63, 3.8) is 0 Å². The summed E-state index contributed by atoms with van der Waals surface area (Å²) in [5.74, 6) is -0.793. The fraction of sp³-hybridized carbons (Fsp3) is 0.619. The van der Waals surface area contributed by atoms with E-state index in [4.69, 9.17) is 5.11 Å². The molecule has 6 nitrogen and oxygen atoms in total. The summed E-state index contributed by atoms with van der Waals surface area (Å²) in [6.45, 7) is 5.64. The summed E-state index contributed by atoms with van der Waals surface area (Å²) < 4.78 is 0. The summed E-state index contributed by atoms with van der Waals surface area (Å²) in [5, 5.41) is 12.2. The summed E-state index contributed by atoms with van der Waals surface area (Å²) in [5.41, 5.74) is 2.44. The highest BCUT2D eigenvalue weighted by Crippen LogP contribution is 2.32. The maximum atomic E-state index is 12.9. The van der Waals surface area contributed by atoms with Crippen LogP contribution in [0.3, 0.4) is 0 Å². The highest BCUT2D eigenvalue weighted by atomic mass is 16.4. The molecule has 2 N–H and O–H groups in total. The molecule has 0 spiro atoms. The van der Waals surface area contributed by atoms with Crippen LogP contribution in [0, 0.1) is 6.92 Å². The van der Waals surface area contributed by atoms with Gasteiger partial charge in [0.15, 0.2) is 0 Å². The van der Waals surface area contributed by atoms with Gasteiger partial charge in [0.25, 0.3) is 0 Å². The first-order chi connectivity index (χ1) is 13.0. The van der Waals surface area contributed by atoms with Gasteiger partial charge in [0.2, 0.25) is 0 Å². The number of urea groups is 1. The second-order valence-corrected chi connectivity index (χ2v) is 7.84. The number of carboxylic acid groups (broad SMARTS) is 1. The molecule has 1 saturated heterocycles. The number of hydrogen-bond donors (Lipinski definition) is 2. The molecule has 0 bridgehead atoms. The molecule has 1 aromatic rings. The summed E-state index contributed by atoms with van der Waals surface area (Å²) in [6.07, 6.45) is 4.86. The fourth-order valence-electron chi connectivity index (χ4n) is 4.24. The van der Waals surface area contributed by atoms with Crippen LogP contribution in [0.15, 0.2) is 24.3 Å². The molecule has 27 heavy (non-hydrogen) atoms. The van der Waals surface area contributed by atoms with Gasteiger partial charge in [0, 0.05) is 18.6 Å². The van der Waals surface area contributed by atoms with E-state index in [2.05, 4.69) is 36.5 Å². The Morgan fingerprint density at radius 1 is 1.22 bits per heavy atom. The molecule has 1 heterocycles. The number of aryl methyl sites for hydroxylation is 1. The van der Waals surface area contributed by atoms with Crippen molar-refractivity contribution in [3.8, 4) is 0 Å². The van der Waals surface area contributed by atoms with Crippen LogP contribution in [0.2, 0.25) is 0 Å². The van der Waals surface area contributed by atoms with E-state index >= 15 is 0 Å². The van der Waals surface area contributed by atoms with Gasteiger partial charge in [0.1, 0.15) is 0 Å². The maximum absolute atomic E-state index is 12.9. The minimum Gasteiger partial charge on any atom is -0.480 e. The van der Waals surface area contributed by atoms with Crippen molar-refractivity contribution in [2.24, 2.45) is 0 Å². The molecule has 1 saturated carbocycles. The largest absolute Gasteiger partial charge is 0.480 e. The van der Waals surface area contributed by atoms with Crippen LogP contribution in [0.25, 0.3) is 0 Å². The smallest absolute Gasteiger partial charge is 0.318 e. The van der Waals surface area contributed by atoms with Crippen LogP contribution in [0.5, 0.6) is 0 Å². The number of carbonyl (C=O) groups is 2. The Morgan fingerprint density at radius 3 is 2.56 bits per heavy atom. The molecule has 3 rings (SSSR count). The van der Waals surface area contributed by atoms with Crippen molar-refractivity contribution in [3.05, 3.63) is 35.4 Å². The number of aliphatic carboxylic acids is 1. The van der Waals surface area contributed by atoms with Crippen molar-refractivity contribution >= 4 is 12.0 Å². The van der Waals surface area contributed by atoms with Crippen LogP contribution in [-0.2, 0) is 4.79 Å². The standard InChI is InChI=1S/C21H31N3O3/c1-3-23(14-20(25)26)18-12-17(13-18)22-21(27)24-11-5-4-6-19(24)16-9-7-15(2)8-10-16/h7-10,17-19H,3-6,11-14H2,1-2H3,(H,22,27)(H,25,26). The normalized spacial score (nSPS) is 25.1. The molecule has 2 fully saturated rings. The van der Waals surface area contributed by atoms with Crippen molar-refractivity contribution in [1.82, 2.24) is 15.1 Å². The fourth-order valence-corrected chi connectivity index (χ4v) is 4.24. The second-order valence-electron chi connectivity index (χ2n) is 7.84. The van der Waals surface area contributed by atoms with Crippen LogP contribution in [0.1, 0.15) is 56.2 Å². The summed E-state index contributed by atoms with van der Waals surface area (Å²) in [7, 11) is 0. The van der Waals surface area contributed by atoms with E-state index in [9.17, 15) is 9.59 Å². The molecule has 6 heteroatoms. The summed E-state index contributed by atoms with van der Waals surface area (Å²) in [6, 6.07) is 9.05. The van der Waals surface area contributed by atoms with Crippen LogP contribution < -0.4 is 5.32 Å². The van der Waals surface area contributed by atoms with Gasteiger partial charge in [-0.1, -0.05) is 36.8 Å². The number of likely N-dealkylation sites (N-methyl/N-ethyl adjacent to an activating group) is 1. The van der Waals surface area contributed by atoms with Gasteiger partial charge < -0.3 is 15.3 Å². The predicted octanol–water partition coefficient (Wildman–Crippen LogP) is 3.17. The van der Waals surface area contributed by atoms with Crippen LogP contribution >= 0.6 is 0 Å². The van der Waals surface area contributed by atoms with Gasteiger partial charge >= 0.3 is 12.0 Å². The first-order valence-electron chi connectivity index (χ1n) is 10.1. The minimum absolute atomic E-state index is 0.0185. The van der Waals surface area contributed by atoms with E-state index in [0.717, 1.165) is 45.2 Å². The lowest BCUT2D eigenvalue weighted by Gasteiger charge is -2.44. The third-order valence-corrected chi connectivity index (χ3v) is 5.93. The Kier molecular flexibility index (Phi) is 6.37. The molecule has 1 aliphatic heterocycles. The molecule has 2 amide bonds. The van der Waals surface area contributed by atoms with E-state index in [1.54, 1.807) is 0 Å². The lowest BCUT2D eigenvalue weighted by Crippen LogP contribution is -2.57. The zero-order valence-electron chi connectivity index (χ0n) is 16.4. The zero-order chi connectivity index (χ0) is 19.4. The summed E-state index contributed by atoms with van der Waals surface area (Å²) >= 11 is 0. The number of nitrogens with one attached hydrogen (secondary N) is 1. The van der Waals surface area contributed by atoms with Gasteiger partial charge in [-0.05, 0) is 51.1 Å². The number of hydrogen-bond acceptors (Lipinski definition) is 3. The average molecular weight is 373 g/mol. The number of nitrogens with zero attached hydrogens (tertiary/aromatic N) is 2. The first-order valence-corrected chi connectivity index (χ1v) is 10.1. The van der Waals surface area contributed by atoms with Crippen molar-refractivity contribution in [2.75, 3.05) is 19.6 Å². The van der Waals surface area contributed by atoms with Crippen molar-refractivity contribution < 1.29 is 14.7 Å². The van der Waals surface area contributed by atoms with Crippen LogP contribution in [0.4, 0.5) is 4.79 Å². The Bertz CT molecular complexity index is 655. The lowest BCUT2D eigenvalue weighted by atomic mass is 9.85. The highest BCUT2D eigenvalue weighted by Gasteiger charge is 2.36. The molecule has 0 radical (unpaired) electrons. The van der Waals surface area contributed by atoms with E-state index in [1.807, 2.05) is 16.7 Å². The molecule has 1 aromatic carbocycles. The SMILES string of the molecule is CCN(CC(=O)O)C1CC(NC(=O)N2CCCCC2c2ccc(C)cc2)C1. The zero-order valence-corrected chi connectivity index (χ0v) is 16.4. The third kappa shape index (κ3) is 4.80. The lowest BCUT2D eigenvalue weighted by molar-refractivity contribution is -0.139. The quantitative estimate of drug-likeness (QED) is 0.803. The molecule has 1 aliphatic carbocycles. The molecular formula is C21H31N3O3. The topological polar surface area (TPSA) is 72.9 Å². The van der Waals surface area contributed by atoms with Crippen LogP contribution in [-0.4, -0.2) is 58.6 Å². The molecule has 2 aliphatic rings. The monoisotopic (exact) mass is 373 g/mol. The molecule has 148 valence electrons. The first kappa shape index (κ1) is 19.7. The molecule has 0 aromatic heterocycles. The number of likely N-dealkylation sites (tertiary alicyclic amines) is 1. The van der Waals surface area contributed by atoms with E-state index in [0.29, 0.717) is 0 Å². The Labute approximate surface area is 161 Å². The van der Waals surface area contributed by atoms with Crippen molar-refractivity contribution in [2.45, 2.75) is 64.1 Å². The molecule has 1 atom stereocenters. The third-order valence-electron chi connectivity index (χ3n) is 5.93. The number of benzene rings is 1. The predicted molar refractivity (Wildman–Crippen MR) is 105 cm³/mol. The van der Waals surface area contributed by atoms with Crippen molar-refractivity contribution in [1.29, 1.82) is 0 Å².